The summed E-state index contributed by atoms with van der Waals surface area (Å²) in [6.45, 7) is 8.23. The smallest absolute Gasteiger partial charge is 0.0754 e. The molecule has 0 heterocycles. The number of hydrogen-bond acceptors (Lipinski definition) is 3. The Morgan fingerprint density at radius 3 is 2.54 bits per heavy atom. The Hall–Kier alpha value is 0.270. The number of thioether (sulfide) groups is 1. The summed E-state index contributed by atoms with van der Waals surface area (Å²) in [6, 6.07) is 0. The number of aliphatic hydroxyl groups is 1. The molecule has 0 rings (SSSR count). The van der Waals surface area contributed by atoms with Crippen molar-refractivity contribution in [3.63, 3.8) is 0 Å². The predicted octanol–water partition coefficient (Wildman–Crippen LogP) is 1.74. The molecule has 0 aromatic rings. The first-order chi connectivity index (χ1) is 6.16. The quantitative estimate of drug-likeness (QED) is 0.592. The van der Waals surface area contributed by atoms with E-state index in [-0.39, 0.29) is 6.10 Å². The Morgan fingerprint density at radius 2 is 2.00 bits per heavy atom. The maximum Gasteiger partial charge on any atom is 0.0754 e. The molecule has 3 heteroatoms. The standard InChI is InChI=1S/C10H23NOS/c1-4-5-13-8-10(12)7-11-6-9(2)3/h9-12H,4-8H2,1-3H3. The molecule has 0 bridgehead atoms. The van der Waals surface area contributed by atoms with Crippen LogP contribution in [0.3, 0.4) is 0 Å². The third-order valence-electron chi connectivity index (χ3n) is 1.59. The van der Waals surface area contributed by atoms with Gasteiger partial charge in [-0.2, -0.15) is 11.8 Å². The number of nitrogens with one attached hydrogen (secondary N) is 1. The first-order valence-corrected chi connectivity index (χ1v) is 6.28. The highest BCUT2D eigenvalue weighted by Crippen LogP contribution is 2.03. The molecule has 1 atom stereocenters. The predicted molar refractivity (Wildman–Crippen MR) is 61.3 cm³/mol. The number of hydrogen-bond donors (Lipinski definition) is 2. The fourth-order valence-corrected chi connectivity index (χ4v) is 1.81. The van der Waals surface area contributed by atoms with Crippen LogP contribution in [0.2, 0.25) is 0 Å². The minimum absolute atomic E-state index is 0.185. The van der Waals surface area contributed by atoms with Crippen LogP contribution >= 0.6 is 11.8 Å². The maximum absolute atomic E-state index is 9.51. The van der Waals surface area contributed by atoms with E-state index in [2.05, 4.69) is 26.1 Å². The van der Waals surface area contributed by atoms with E-state index in [1.54, 1.807) is 0 Å². The van der Waals surface area contributed by atoms with Crippen LogP contribution in [0, 0.1) is 5.92 Å². The van der Waals surface area contributed by atoms with Gasteiger partial charge in [0.2, 0.25) is 0 Å². The molecule has 0 spiro atoms. The van der Waals surface area contributed by atoms with Gasteiger partial charge in [0.15, 0.2) is 0 Å². The summed E-state index contributed by atoms with van der Waals surface area (Å²) in [5.74, 6) is 2.68. The van der Waals surface area contributed by atoms with Gasteiger partial charge in [0, 0.05) is 12.3 Å². The lowest BCUT2D eigenvalue weighted by atomic mass is 10.2. The summed E-state index contributed by atoms with van der Waals surface area (Å²) in [6.07, 6.45) is 1.01. The molecule has 2 N–H and O–H groups in total. The molecule has 1 unspecified atom stereocenters. The van der Waals surface area contributed by atoms with E-state index in [9.17, 15) is 5.11 Å². The third-order valence-corrected chi connectivity index (χ3v) is 2.91. The van der Waals surface area contributed by atoms with Crippen molar-refractivity contribution in [2.45, 2.75) is 33.3 Å². The van der Waals surface area contributed by atoms with Gasteiger partial charge in [-0.1, -0.05) is 20.8 Å². The van der Waals surface area contributed by atoms with Gasteiger partial charge in [-0.25, -0.2) is 0 Å². The molecule has 0 aliphatic carbocycles. The van der Waals surface area contributed by atoms with Crippen molar-refractivity contribution < 1.29 is 5.11 Å². The van der Waals surface area contributed by atoms with Crippen LogP contribution in [-0.4, -0.2) is 35.8 Å². The second-order valence-electron chi connectivity index (χ2n) is 3.78. The highest BCUT2D eigenvalue weighted by atomic mass is 32.2. The fraction of sp³-hybridized carbons (Fsp3) is 1.00. The Bertz CT molecular complexity index is 109. The van der Waals surface area contributed by atoms with Crippen molar-refractivity contribution in [2.24, 2.45) is 5.92 Å². The summed E-state index contributed by atoms with van der Waals surface area (Å²) in [5.41, 5.74) is 0. The van der Waals surface area contributed by atoms with E-state index in [1.807, 2.05) is 11.8 Å². The lowest BCUT2D eigenvalue weighted by molar-refractivity contribution is 0.194. The Labute approximate surface area is 86.5 Å². The number of aliphatic hydroxyl groups excluding tert-OH is 1. The summed E-state index contributed by atoms with van der Waals surface area (Å²) >= 11 is 1.83. The summed E-state index contributed by atoms with van der Waals surface area (Å²) in [5, 5.41) is 12.8. The number of rotatable bonds is 8. The van der Waals surface area contributed by atoms with Crippen LogP contribution in [0.15, 0.2) is 0 Å². The molecule has 0 aliphatic rings. The van der Waals surface area contributed by atoms with E-state index in [4.69, 9.17) is 0 Å². The second kappa shape index (κ2) is 8.85. The zero-order valence-corrected chi connectivity index (χ0v) is 9.86. The maximum atomic E-state index is 9.51. The molecule has 0 aromatic heterocycles. The third kappa shape index (κ3) is 10.2. The van der Waals surface area contributed by atoms with Crippen molar-refractivity contribution in [1.29, 1.82) is 0 Å². The average molecular weight is 205 g/mol. The minimum Gasteiger partial charge on any atom is -0.391 e. The van der Waals surface area contributed by atoms with Gasteiger partial charge in [0.25, 0.3) is 0 Å². The topological polar surface area (TPSA) is 32.3 Å². The second-order valence-corrected chi connectivity index (χ2v) is 4.93. The highest BCUT2D eigenvalue weighted by molar-refractivity contribution is 7.99. The van der Waals surface area contributed by atoms with Crippen molar-refractivity contribution >= 4 is 11.8 Å². The van der Waals surface area contributed by atoms with Crippen molar-refractivity contribution in [1.82, 2.24) is 5.32 Å². The molecular formula is C10H23NOS. The Kier molecular flexibility index (Phi) is 9.03. The van der Waals surface area contributed by atoms with Crippen LogP contribution < -0.4 is 5.32 Å². The van der Waals surface area contributed by atoms with Crippen LogP contribution in [-0.2, 0) is 0 Å². The average Bonchev–Trinajstić information content (AvgIpc) is 2.04. The lowest BCUT2D eigenvalue weighted by Crippen LogP contribution is -2.31. The van der Waals surface area contributed by atoms with Crippen LogP contribution in [0.25, 0.3) is 0 Å². The van der Waals surface area contributed by atoms with E-state index in [1.165, 1.54) is 6.42 Å². The molecule has 0 fully saturated rings. The van der Waals surface area contributed by atoms with Crippen LogP contribution in [0.4, 0.5) is 0 Å². The fourth-order valence-electron chi connectivity index (χ4n) is 0.961. The zero-order valence-electron chi connectivity index (χ0n) is 9.05. The van der Waals surface area contributed by atoms with E-state index < -0.39 is 0 Å². The highest BCUT2D eigenvalue weighted by Gasteiger charge is 2.03. The summed E-state index contributed by atoms with van der Waals surface area (Å²) < 4.78 is 0. The normalized spacial score (nSPS) is 13.6. The van der Waals surface area contributed by atoms with Gasteiger partial charge >= 0.3 is 0 Å². The van der Waals surface area contributed by atoms with Crippen LogP contribution in [0.1, 0.15) is 27.2 Å². The van der Waals surface area contributed by atoms with Gasteiger partial charge in [-0.3, -0.25) is 0 Å². The first-order valence-electron chi connectivity index (χ1n) is 5.13. The van der Waals surface area contributed by atoms with Crippen molar-refractivity contribution in [3.8, 4) is 0 Å². The van der Waals surface area contributed by atoms with Crippen molar-refractivity contribution in [2.75, 3.05) is 24.6 Å². The van der Waals surface area contributed by atoms with Crippen LogP contribution in [0.5, 0.6) is 0 Å². The van der Waals surface area contributed by atoms with Gasteiger partial charge in [0.1, 0.15) is 0 Å². The van der Waals surface area contributed by atoms with E-state index in [0.717, 1.165) is 24.6 Å². The molecule has 13 heavy (non-hydrogen) atoms. The molecule has 0 saturated carbocycles. The monoisotopic (exact) mass is 205 g/mol. The van der Waals surface area contributed by atoms with E-state index >= 15 is 0 Å². The van der Waals surface area contributed by atoms with Gasteiger partial charge in [0.05, 0.1) is 6.10 Å². The molecule has 0 saturated heterocycles. The van der Waals surface area contributed by atoms with Gasteiger partial charge in [-0.05, 0) is 24.6 Å². The molecule has 0 radical (unpaired) electrons. The molecule has 80 valence electrons. The summed E-state index contributed by atoms with van der Waals surface area (Å²) in [7, 11) is 0. The lowest BCUT2D eigenvalue weighted by Gasteiger charge is -2.12. The van der Waals surface area contributed by atoms with E-state index in [0.29, 0.717) is 5.92 Å². The summed E-state index contributed by atoms with van der Waals surface area (Å²) in [4.78, 5) is 0. The van der Waals surface area contributed by atoms with Crippen molar-refractivity contribution in [3.05, 3.63) is 0 Å². The Morgan fingerprint density at radius 1 is 1.31 bits per heavy atom. The molecule has 0 amide bonds. The van der Waals surface area contributed by atoms with Gasteiger partial charge in [-0.15, -0.1) is 0 Å². The van der Waals surface area contributed by atoms with Gasteiger partial charge < -0.3 is 10.4 Å². The first kappa shape index (κ1) is 13.3. The SMILES string of the molecule is CCCSCC(O)CNCC(C)C. The Balaban J connectivity index is 3.15. The zero-order chi connectivity index (χ0) is 10.1. The molecule has 0 aromatic carbocycles. The molecule has 2 nitrogen and oxygen atoms in total. The molecule has 0 aliphatic heterocycles. The molecular weight excluding hydrogens is 182 g/mol. The largest absolute Gasteiger partial charge is 0.391 e. The minimum atomic E-state index is -0.185.